The summed E-state index contributed by atoms with van der Waals surface area (Å²) < 4.78 is 13.3. The van der Waals surface area contributed by atoms with Gasteiger partial charge in [0.15, 0.2) is 0 Å². The number of rotatable bonds is 3. The summed E-state index contributed by atoms with van der Waals surface area (Å²) >= 11 is 1.55. The van der Waals surface area contributed by atoms with Gasteiger partial charge in [-0.25, -0.2) is 9.37 Å². The zero-order valence-electron chi connectivity index (χ0n) is 8.98. The van der Waals surface area contributed by atoms with Crippen molar-refractivity contribution in [1.82, 2.24) is 4.98 Å². The quantitative estimate of drug-likeness (QED) is 0.747. The van der Waals surface area contributed by atoms with Crippen molar-refractivity contribution in [2.45, 2.75) is 17.7 Å². The maximum absolute atomic E-state index is 13.3. The Hall–Kier alpha value is -1.35. The second-order valence-corrected chi connectivity index (χ2v) is 4.55. The predicted molar refractivity (Wildman–Crippen MR) is 64.9 cm³/mol. The van der Waals surface area contributed by atoms with Gasteiger partial charge in [-0.3, -0.25) is 0 Å². The largest absolute Gasteiger partial charge is 0.250 e. The summed E-state index contributed by atoms with van der Waals surface area (Å²) in [6.07, 6.45) is 1.82. The van der Waals surface area contributed by atoms with Crippen molar-refractivity contribution in [1.29, 1.82) is 0 Å². The van der Waals surface area contributed by atoms with Crippen LogP contribution in [0.1, 0.15) is 11.1 Å². The molecule has 0 atom stereocenters. The summed E-state index contributed by atoms with van der Waals surface area (Å²) in [5, 5.41) is 0.925. The third kappa shape index (κ3) is 2.83. The Morgan fingerprint density at radius 2 is 2.00 bits per heavy atom. The van der Waals surface area contributed by atoms with E-state index in [0.29, 0.717) is 5.75 Å². The van der Waals surface area contributed by atoms with Gasteiger partial charge in [0, 0.05) is 11.9 Å². The van der Waals surface area contributed by atoms with Gasteiger partial charge in [0.05, 0.1) is 5.03 Å². The summed E-state index contributed by atoms with van der Waals surface area (Å²) in [6.45, 7) is 2.00. The van der Waals surface area contributed by atoms with E-state index >= 15 is 0 Å². The van der Waals surface area contributed by atoms with Crippen molar-refractivity contribution < 1.29 is 4.39 Å². The Morgan fingerprint density at radius 1 is 1.19 bits per heavy atom. The van der Waals surface area contributed by atoms with Gasteiger partial charge >= 0.3 is 0 Å². The maximum Gasteiger partial charge on any atom is 0.127 e. The molecule has 0 aliphatic rings. The molecule has 0 amide bonds. The van der Waals surface area contributed by atoms with Gasteiger partial charge in [-0.15, -0.1) is 11.8 Å². The average molecular weight is 233 g/mol. The van der Waals surface area contributed by atoms with E-state index in [1.807, 2.05) is 31.3 Å². The molecule has 1 heterocycles. The monoisotopic (exact) mass is 233 g/mol. The van der Waals surface area contributed by atoms with Crippen LogP contribution in [0.5, 0.6) is 0 Å². The Balaban J connectivity index is 2.02. The molecular formula is C13H12FNS. The van der Waals surface area contributed by atoms with Crippen LogP contribution in [0.15, 0.2) is 47.6 Å². The molecule has 0 saturated heterocycles. The first-order valence-corrected chi connectivity index (χ1v) is 6.03. The van der Waals surface area contributed by atoms with Crippen LogP contribution >= 0.6 is 11.8 Å². The molecule has 1 aromatic carbocycles. The number of thioether (sulfide) groups is 1. The minimum absolute atomic E-state index is 0.151. The number of halogens is 1. The Bertz CT molecular complexity index is 468. The molecule has 0 bridgehead atoms. The van der Waals surface area contributed by atoms with Crippen molar-refractivity contribution in [3.05, 3.63) is 59.5 Å². The second-order valence-electron chi connectivity index (χ2n) is 3.55. The molecule has 82 valence electrons. The summed E-state index contributed by atoms with van der Waals surface area (Å²) in [6, 6.07) is 10.8. The standard InChI is InChI=1S/C13H12FNS/c1-10-6-7-13(15-8-10)16-9-11-4-2-3-5-12(11)14/h2-8H,9H2,1H3. The number of nitrogens with zero attached hydrogens (tertiary/aromatic N) is 1. The molecule has 3 heteroatoms. The van der Waals surface area contributed by atoms with Crippen LogP contribution in [0.3, 0.4) is 0 Å². The summed E-state index contributed by atoms with van der Waals surface area (Å²) in [7, 11) is 0. The van der Waals surface area contributed by atoms with Crippen molar-refractivity contribution in [3.8, 4) is 0 Å². The van der Waals surface area contributed by atoms with Crippen molar-refractivity contribution in [2.24, 2.45) is 0 Å². The van der Waals surface area contributed by atoms with E-state index in [0.717, 1.165) is 16.2 Å². The first-order valence-electron chi connectivity index (χ1n) is 5.04. The number of aromatic nitrogens is 1. The van der Waals surface area contributed by atoms with E-state index in [-0.39, 0.29) is 5.82 Å². The van der Waals surface area contributed by atoms with Gasteiger partial charge in [0.25, 0.3) is 0 Å². The minimum atomic E-state index is -0.151. The second kappa shape index (κ2) is 5.12. The van der Waals surface area contributed by atoms with Crippen LogP contribution in [0.4, 0.5) is 4.39 Å². The zero-order chi connectivity index (χ0) is 11.4. The molecule has 1 aromatic heterocycles. The highest BCUT2D eigenvalue weighted by Crippen LogP contribution is 2.22. The molecule has 0 saturated carbocycles. The number of pyridine rings is 1. The molecule has 1 nitrogen and oxygen atoms in total. The SMILES string of the molecule is Cc1ccc(SCc2ccccc2F)nc1. The Kier molecular flexibility index (Phi) is 3.57. The first kappa shape index (κ1) is 11.1. The summed E-state index contributed by atoms with van der Waals surface area (Å²) in [5.41, 5.74) is 1.85. The van der Waals surface area contributed by atoms with Crippen molar-refractivity contribution in [2.75, 3.05) is 0 Å². The Labute approximate surface area is 98.7 Å². The van der Waals surface area contributed by atoms with Crippen molar-refractivity contribution >= 4 is 11.8 Å². The van der Waals surface area contributed by atoms with Crippen LogP contribution in [0, 0.1) is 12.7 Å². The fourth-order valence-electron chi connectivity index (χ4n) is 1.31. The first-order chi connectivity index (χ1) is 7.75. The highest BCUT2D eigenvalue weighted by atomic mass is 32.2. The molecule has 0 radical (unpaired) electrons. The topological polar surface area (TPSA) is 12.9 Å². The number of hydrogen-bond acceptors (Lipinski definition) is 2. The zero-order valence-corrected chi connectivity index (χ0v) is 9.80. The van der Waals surface area contributed by atoms with Crippen molar-refractivity contribution in [3.63, 3.8) is 0 Å². The van der Waals surface area contributed by atoms with Crippen LogP contribution in [-0.2, 0) is 5.75 Å². The predicted octanol–water partition coefficient (Wildman–Crippen LogP) is 3.82. The van der Waals surface area contributed by atoms with E-state index in [1.165, 1.54) is 6.07 Å². The van der Waals surface area contributed by atoms with E-state index in [4.69, 9.17) is 0 Å². The van der Waals surface area contributed by atoms with E-state index in [9.17, 15) is 4.39 Å². The summed E-state index contributed by atoms with van der Waals surface area (Å²) in [5.74, 6) is 0.463. The van der Waals surface area contributed by atoms with E-state index in [2.05, 4.69) is 4.98 Å². The van der Waals surface area contributed by atoms with Gasteiger partial charge in [0.2, 0.25) is 0 Å². The third-order valence-electron chi connectivity index (χ3n) is 2.22. The van der Waals surface area contributed by atoms with Gasteiger partial charge < -0.3 is 0 Å². The fraction of sp³-hybridized carbons (Fsp3) is 0.154. The molecule has 0 N–H and O–H groups in total. The number of aryl methyl sites for hydroxylation is 1. The van der Waals surface area contributed by atoms with E-state index < -0.39 is 0 Å². The smallest absolute Gasteiger partial charge is 0.127 e. The van der Waals surface area contributed by atoms with Crippen LogP contribution in [0.25, 0.3) is 0 Å². The molecule has 2 rings (SSSR count). The number of hydrogen-bond donors (Lipinski definition) is 0. The van der Waals surface area contributed by atoms with Crippen LogP contribution in [-0.4, -0.2) is 4.98 Å². The molecule has 0 fully saturated rings. The highest BCUT2D eigenvalue weighted by Gasteiger charge is 2.02. The van der Waals surface area contributed by atoms with Gasteiger partial charge in [0.1, 0.15) is 5.82 Å². The van der Waals surface area contributed by atoms with E-state index in [1.54, 1.807) is 23.9 Å². The normalized spacial score (nSPS) is 10.4. The lowest BCUT2D eigenvalue weighted by molar-refractivity contribution is 0.617. The van der Waals surface area contributed by atoms with Gasteiger partial charge in [-0.2, -0.15) is 0 Å². The van der Waals surface area contributed by atoms with Gasteiger partial charge in [-0.1, -0.05) is 24.3 Å². The molecule has 2 aromatic rings. The number of benzene rings is 1. The maximum atomic E-state index is 13.3. The fourth-order valence-corrected chi connectivity index (χ4v) is 2.14. The Morgan fingerprint density at radius 3 is 2.69 bits per heavy atom. The molecule has 16 heavy (non-hydrogen) atoms. The molecule has 0 aliphatic heterocycles. The highest BCUT2D eigenvalue weighted by molar-refractivity contribution is 7.98. The third-order valence-corrected chi connectivity index (χ3v) is 3.21. The van der Waals surface area contributed by atoms with Gasteiger partial charge in [-0.05, 0) is 30.2 Å². The molecule has 0 aliphatic carbocycles. The average Bonchev–Trinajstić information content (AvgIpc) is 2.30. The van der Waals surface area contributed by atoms with Crippen LogP contribution in [0.2, 0.25) is 0 Å². The summed E-state index contributed by atoms with van der Waals surface area (Å²) in [4.78, 5) is 4.26. The minimum Gasteiger partial charge on any atom is -0.250 e. The van der Waals surface area contributed by atoms with Crippen LogP contribution < -0.4 is 0 Å². The lowest BCUT2D eigenvalue weighted by Crippen LogP contribution is -1.87. The lowest BCUT2D eigenvalue weighted by atomic mass is 10.2. The molecule has 0 spiro atoms. The molecule has 0 unspecified atom stereocenters. The lowest BCUT2D eigenvalue weighted by Gasteiger charge is -2.02. The molecular weight excluding hydrogens is 221 g/mol.